The lowest BCUT2D eigenvalue weighted by Crippen LogP contribution is -2.11. The van der Waals surface area contributed by atoms with E-state index in [0.29, 0.717) is 26.6 Å². The standard InChI is InChI=1S/C15H11ClFN3OS2/c1-8-12(13(21)20-15-19-11(6-16)7-22-15)23-14(18-8)9-2-4-10(17)5-3-9/h2-5,7H,6H2,1H3,(H,19,20,21). The van der Waals surface area contributed by atoms with Crippen LogP contribution in [-0.4, -0.2) is 15.9 Å². The van der Waals surface area contributed by atoms with Gasteiger partial charge in [-0.1, -0.05) is 0 Å². The Morgan fingerprint density at radius 3 is 2.70 bits per heavy atom. The number of aryl methyl sites for hydroxylation is 1. The molecule has 1 aromatic carbocycles. The fourth-order valence-electron chi connectivity index (χ4n) is 1.90. The molecule has 0 fully saturated rings. The molecule has 3 aromatic rings. The van der Waals surface area contributed by atoms with E-state index in [1.807, 2.05) is 0 Å². The highest BCUT2D eigenvalue weighted by Gasteiger charge is 2.17. The highest BCUT2D eigenvalue weighted by molar-refractivity contribution is 7.17. The smallest absolute Gasteiger partial charge is 0.269 e. The Morgan fingerprint density at radius 1 is 1.30 bits per heavy atom. The normalized spacial score (nSPS) is 10.7. The van der Waals surface area contributed by atoms with Crippen LogP contribution in [0.1, 0.15) is 21.1 Å². The van der Waals surface area contributed by atoms with Gasteiger partial charge in [0.2, 0.25) is 0 Å². The Bertz CT molecular complexity index is 845. The van der Waals surface area contributed by atoms with E-state index in [4.69, 9.17) is 11.6 Å². The minimum absolute atomic E-state index is 0.260. The number of halogens is 2. The van der Waals surface area contributed by atoms with Crippen LogP contribution in [0.4, 0.5) is 9.52 Å². The summed E-state index contributed by atoms with van der Waals surface area (Å²) in [5.74, 6) is -0.261. The zero-order chi connectivity index (χ0) is 16.4. The number of alkyl halides is 1. The van der Waals surface area contributed by atoms with Gasteiger partial charge in [0.25, 0.3) is 5.91 Å². The summed E-state index contributed by atoms with van der Waals surface area (Å²) in [5, 5.41) is 5.72. The summed E-state index contributed by atoms with van der Waals surface area (Å²) in [4.78, 5) is 21.5. The second-order valence-electron chi connectivity index (χ2n) is 4.67. The molecule has 0 aliphatic carbocycles. The topological polar surface area (TPSA) is 54.9 Å². The third-order valence-electron chi connectivity index (χ3n) is 3.00. The molecule has 0 unspecified atom stereocenters. The molecule has 0 saturated heterocycles. The van der Waals surface area contributed by atoms with Crippen LogP contribution in [0, 0.1) is 12.7 Å². The number of benzene rings is 1. The second kappa shape index (κ2) is 6.74. The van der Waals surface area contributed by atoms with Crippen molar-refractivity contribution in [1.82, 2.24) is 9.97 Å². The molecule has 0 bridgehead atoms. The predicted octanol–water partition coefficient (Wildman–Crippen LogP) is 4.71. The highest BCUT2D eigenvalue weighted by atomic mass is 35.5. The molecule has 0 atom stereocenters. The van der Waals surface area contributed by atoms with Gasteiger partial charge in [-0.2, -0.15) is 0 Å². The average Bonchev–Trinajstić information content (AvgIpc) is 3.14. The second-order valence-corrected chi connectivity index (χ2v) is 6.80. The minimum atomic E-state index is -0.307. The molecular formula is C15H11ClFN3OS2. The predicted molar refractivity (Wildman–Crippen MR) is 91.9 cm³/mol. The van der Waals surface area contributed by atoms with Gasteiger partial charge in [-0.15, -0.1) is 34.3 Å². The van der Waals surface area contributed by atoms with Gasteiger partial charge in [-0.25, -0.2) is 14.4 Å². The van der Waals surface area contributed by atoms with Crippen LogP contribution >= 0.6 is 34.3 Å². The van der Waals surface area contributed by atoms with Gasteiger partial charge in [0, 0.05) is 10.9 Å². The van der Waals surface area contributed by atoms with Crippen LogP contribution in [0.25, 0.3) is 10.6 Å². The Labute approximate surface area is 145 Å². The van der Waals surface area contributed by atoms with Crippen LogP contribution in [0.2, 0.25) is 0 Å². The molecule has 0 aliphatic rings. The number of carbonyl (C=O) groups is 1. The fourth-order valence-corrected chi connectivity index (χ4v) is 3.80. The van der Waals surface area contributed by atoms with E-state index in [0.717, 1.165) is 11.3 Å². The van der Waals surface area contributed by atoms with Gasteiger partial charge in [-0.3, -0.25) is 10.1 Å². The summed E-state index contributed by atoms with van der Waals surface area (Å²) < 4.78 is 13.0. The van der Waals surface area contributed by atoms with Crippen molar-refractivity contribution in [1.29, 1.82) is 0 Å². The van der Waals surface area contributed by atoms with E-state index < -0.39 is 0 Å². The van der Waals surface area contributed by atoms with Crippen molar-refractivity contribution in [3.05, 3.63) is 51.7 Å². The largest absolute Gasteiger partial charge is 0.297 e. The summed E-state index contributed by atoms with van der Waals surface area (Å²) >= 11 is 8.28. The molecule has 2 aromatic heterocycles. The average molecular weight is 368 g/mol. The maximum Gasteiger partial charge on any atom is 0.269 e. The Morgan fingerprint density at radius 2 is 2.04 bits per heavy atom. The first kappa shape index (κ1) is 16.0. The number of thiazole rings is 2. The van der Waals surface area contributed by atoms with Crippen molar-refractivity contribution in [2.45, 2.75) is 12.8 Å². The molecule has 118 valence electrons. The minimum Gasteiger partial charge on any atom is -0.297 e. The number of carbonyl (C=O) groups excluding carboxylic acids is 1. The molecule has 0 saturated carbocycles. The van der Waals surface area contributed by atoms with E-state index >= 15 is 0 Å². The molecule has 2 heterocycles. The number of anilines is 1. The van der Waals surface area contributed by atoms with Gasteiger partial charge < -0.3 is 0 Å². The molecule has 0 aliphatic heterocycles. The van der Waals surface area contributed by atoms with Gasteiger partial charge in [0.1, 0.15) is 15.7 Å². The Hall–Kier alpha value is -1.83. The molecule has 1 amide bonds. The van der Waals surface area contributed by atoms with Crippen LogP contribution < -0.4 is 5.32 Å². The van der Waals surface area contributed by atoms with Crippen LogP contribution in [0.3, 0.4) is 0 Å². The monoisotopic (exact) mass is 367 g/mol. The SMILES string of the molecule is Cc1nc(-c2ccc(F)cc2)sc1C(=O)Nc1nc(CCl)cs1. The lowest BCUT2D eigenvalue weighted by Gasteiger charge is -1.98. The van der Waals surface area contributed by atoms with E-state index in [1.165, 1.54) is 34.8 Å². The zero-order valence-corrected chi connectivity index (χ0v) is 14.4. The molecule has 1 N–H and O–H groups in total. The summed E-state index contributed by atoms with van der Waals surface area (Å²) in [6, 6.07) is 6.02. The van der Waals surface area contributed by atoms with E-state index in [1.54, 1.807) is 24.4 Å². The van der Waals surface area contributed by atoms with Gasteiger partial charge in [0.05, 0.1) is 17.3 Å². The van der Waals surface area contributed by atoms with Gasteiger partial charge in [0.15, 0.2) is 5.13 Å². The third kappa shape index (κ3) is 3.57. The van der Waals surface area contributed by atoms with Crippen molar-refractivity contribution >= 4 is 45.3 Å². The molecule has 0 radical (unpaired) electrons. The van der Waals surface area contributed by atoms with Crippen molar-refractivity contribution in [3.8, 4) is 10.6 Å². The van der Waals surface area contributed by atoms with E-state index in [-0.39, 0.29) is 11.7 Å². The van der Waals surface area contributed by atoms with Crippen molar-refractivity contribution in [2.75, 3.05) is 5.32 Å². The Kier molecular flexibility index (Phi) is 4.70. The first-order valence-electron chi connectivity index (χ1n) is 6.62. The number of aromatic nitrogens is 2. The summed E-state index contributed by atoms with van der Waals surface area (Å²) in [7, 11) is 0. The first-order chi connectivity index (χ1) is 11.1. The van der Waals surface area contributed by atoms with Crippen molar-refractivity contribution in [3.63, 3.8) is 0 Å². The molecule has 8 heteroatoms. The van der Waals surface area contributed by atoms with Crippen LogP contribution in [0.5, 0.6) is 0 Å². The van der Waals surface area contributed by atoms with Crippen molar-refractivity contribution in [2.24, 2.45) is 0 Å². The summed E-state index contributed by atoms with van der Waals surface area (Å²) in [6.45, 7) is 1.77. The number of nitrogens with zero attached hydrogens (tertiary/aromatic N) is 2. The number of rotatable bonds is 4. The van der Waals surface area contributed by atoms with E-state index in [2.05, 4.69) is 15.3 Å². The molecule has 3 rings (SSSR count). The molecule has 23 heavy (non-hydrogen) atoms. The number of nitrogens with one attached hydrogen (secondary N) is 1. The number of hydrogen-bond acceptors (Lipinski definition) is 5. The highest BCUT2D eigenvalue weighted by Crippen LogP contribution is 2.29. The summed E-state index contributed by atoms with van der Waals surface area (Å²) in [6.07, 6.45) is 0. The number of amides is 1. The number of hydrogen-bond donors (Lipinski definition) is 1. The maximum absolute atomic E-state index is 13.0. The fraction of sp³-hybridized carbons (Fsp3) is 0.133. The van der Waals surface area contributed by atoms with E-state index in [9.17, 15) is 9.18 Å². The summed E-state index contributed by atoms with van der Waals surface area (Å²) in [5.41, 5.74) is 2.12. The first-order valence-corrected chi connectivity index (χ1v) is 8.85. The lowest BCUT2D eigenvalue weighted by molar-refractivity contribution is 0.103. The lowest BCUT2D eigenvalue weighted by atomic mass is 10.2. The van der Waals surface area contributed by atoms with Crippen LogP contribution in [-0.2, 0) is 5.88 Å². The van der Waals surface area contributed by atoms with Gasteiger partial charge >= 0.3 is 0 Å². The zero-order valence-electron chi connectivity index (χ0n) is 12.0. The Balaban J connectivity index is 1.82. The van der Waals surface area contributed by atoms with Gasteiger partial charge in [-0.05, 0) is 31.2 Å². The maximum atomic E-state index is 13.0. The third-order valence-corrected chi connectivity index (χ3v) is 5.29. The molecule has 0 spiro atoms. The quantitative estimate of drug-likeness (QED) is 0.680. The molecular weight excluding hydrogens is 357 g/mol. The van der Waals surface area contributed by atoms with Crippen LogP contribution in [0.15, 0.2) is 29.6 Å². The van der Waals surface area contributed by atoms with Crippen molar-refractivity contribution < 1.29 is 9.18 Å². The molecule has 4 nitrogen and oxygen atoms in total.